The summed E-state index contributed by atoms with van der Waals surface area (Å²) < 4.78 is 0. The lowest BCUT2D eigenvalue weighted by Crippen LogP contribution is -2.24. The van der Waals surface area contributed by atoms with Crippen LogP contribution in [-0.4, -0.2) is 27.4 Å². The number of hydrogen-bond acceptors (Lipinski definition) is 5. The second-order valence-electron chi connectivity index (χ2n) is 5.42. The highest BCUT2D eigenvalue weighted by atomic mass is 16.1. The largest absolute Gasteiger partial charge is 0.354 e. The van der Waals surface area contributed by atoms with Crippen LogP contribution in [0.1, 0.15) is 36.3 Å². The molecule has 1 amide bonds. The average Bonchev–Trinajstić information content (AvgIpc) is 2.53. The number of anilines is 1. The van der Waals surface area contributed by atoms with Crippen LogP contribution in [0.4, 0.5) is 5.95 Å². The van der Waals surface area contributed by atoms with Crippen molar-refractivity contribution in [1.29, 1.82) is 0 Å². The van der Waals surface area contributed by atoms with E-state index in [-0.39, 0.29) is 5.91 Å². The average molecular weight is 299 g/mol. The van der Waals surface area contributed by atoms with Crippen molar-refractivity contribution < 1.29 is 4.79 Å². The lowest BCUT2D eigenvalue weighted by Gasteiger charge is -2.08. The lowest BCUT2D eigenvalue weighted by molar-refractivity contribution is 0.0946. The fourth-order valence-electron chi connectivity index (χ4n) is 1.82. The van der Waals surface area contributed by atoms with Gasteiger partial charge in [-0.2, -0.15) is 0 Å². The molecule has 0 unspecified atom stereocenters. The highest BCUT2D eigenvalue weighted by molar-refractivity contribution is 5.92. The Kier molecular flexibility index (Phi) is 5.82. The van der Waals surface area contributed by atoms with Gasteiger partial charge in [0, 0.05) is 31.7 Å². The maximum absolute atomic E-state index is 12.1. The van der Waals surface area contributed by atoms with Gasteiger partial charge in [0.15, 0.2) is 0 Å². The van der Waals surface area contributed by atoms with Gasteiger partial charge in [-0.3, -0.25) is 9.78 Å². The fourth-order valence-corrected chi connectivity index (χ4v) is 1.82. The van der Waals surface area contributed by atoms with E-state index in [2.05, 4.69) is 39.4 Å². The predicted molar refractivity (Wildman–Crippen MR) is 85.4 cm³/mol. The molecule has 0 aliphatic carbocycles. The first-order valence-electron chi connectivity index (χ1n) is 7.39. The molecule has 2 aromatic rings. The van der Waals surface area contributed by atoms with Gasteiger partial charge in [0.1, 0.15) is 5.69 Å². The number of nitrogens with zero attached hydrogens (tertiary/aromatic N) is 3. The van der Waals surface area contributed by atoms with Gasteiger partial charge < -0.3 is 10.6 Å². The Morgan fingerprint density at radius 1 is 1.27 bits per heavy atom. The van der Waals surface area contributed by atoms with Crippen molar-refractivity contribution in [3.05, 3.63) is 48.0 Å². The Balaban J connectivity index is 1.89. The molecular formula is C16H21N5O. The maximum Gasteiger partial charge on any atom is 0.270 e. The lowest BCUT2D eigenvalue weighted by atomic mass is 10.1. The molecule has 6 nitrogen and oxygen atoms in total. The van der Waals surface area contributed by atoms with Crippen LogP contribution >= 0.6 is 0 Å². The molecule has 2 N–H and O–H groups in total. The van der Waals surface area contributed by atoms with Gasteiger partial charge in [0.2, 0.25) is 5.95 Å². The van der Waals surface area contributed by atoms with Gasteiger partial charge in [0.05, 0.1) is 0 Å². The molecule has 0 atom stereocenters. The quantitative estimate of drug-likeness (QED) is 0.819. The van der Waals surface area contributed by atoms with Crippen LogP contribution in [0.15, 0.2) is 36.8 Å². The third-order valence-corrected chi connectivity index (χ3v) is 3.07. The molecule has 0 saturated heterocycles. The number of nitrogens with one attached hydrogen (secondary N) is 2. The van der Waals surface area contributed by atoms with Crippen molar-refractivity contribution >= 4 is 11.9 Å². The van der Waals surface area contributed by atoms with E-state index in [0.29, 0.717) is 24.1 Å². The molecular weight excluding hydrogens is 278 g/mol. The van der Waals surface area contributed by atoms with Crippen LogP contribution in [0.3, 0.4) is 0 Å². The summed E-state index contributed by atoms with van der Waals surface area (Å²) in [6, 6.07) is 5.35. The maximum atomic E-state index is 12.1. The Morgan fingerprint density at radius 3 is 2.86 bits per heavy atom. The van der Waals surface area contributed by atoms with Crippen molar-refractivity contribution in [1.82, 2.24) is 20.3 Å². The second kappa shape index (κ2) is 8.07. The molecule has 0 aliphatic rings. The van der Waals surface area contributed by atoms with Crippen molar-refractivity contribution in [2.45, 2.75) is 26.8 Å². The van der Waals surface area contributed by atoms with Gasteiger partial charge in [-0.15, -0.1) is 0 Å². The van der Waals surface area contributed by atoms with Crippen LogP contribution in [0.5, 0.6) is 0 Å². The summed E-state index contributed by atoms with van der Waals surface area (Å²) in [6.07, 6.45) is 6.04. The van der Waals surface area contributed by atoms with Crippen LogP contribution in [0, 0.1) is 5.92 Å². The topological polar surface area (TPSA) is 79.8 Å². The van der Waals surface area contributed by atoms with E-state index in [0.717, 1.165) is 18.5 Å². The first-order valence-corrected chi connectivity index (χ1v) is 7.39. The van der Waals surface area contributed by atoms with Crippen LogP contribution < -0.4 is 10.6 Å². The molecule has 0 spiro atoms. The standard InChI is InChI=1S/C16H21N5O/c1-12(2)5-8-18-16-19-9-6-14(21-16)15(22)20-11-13-4-3-7-17-10-13/h3-4,6-7,9-10,12H,5,8,11H2,1-2H3,(H,20,22)(H,18,19,21). The molecule has 0 saturated carbocycles. The third-order valence-electron chi connectivity index (χ3n) is 3.07. The van der Waals surface area contributed by atoms with E-state index in [4.69, 9.17) is 0 Å². The molecule has 22 heavy (non-hydrogen) atoms. The number of amides is 1. The monoisotopic (exact) mass is 299 g/mol. The second-order valence-corrected chi connectivity index (χ2v) is 5.42. The van der Waals surface area contributed by atoms with E-state index < -0.39 is 0 Å². The zero-order valence-corrected chi connectivity index (χ0v) is 12.9. The van der Waals surface area contributed by atoms with Crippen molar-refractivity contribution in [3.8, 4) is 0 Å². The van der Waals surface area contributed by atoms with Gasteiger partial charge >= 0.3 is 0 Å². The number of rotatable bonds is 7. The zero-order valence-electron chi connectivity index (χ0n) is 12.9. The van der Waals surface area contributed by atoms with E-state index in [1.54, 1.807) is 24.7 Å². The van der Waals surface area contributed by atoms with Crippen molar-refractivity contribution in [3.63, 3.8) is 0 Å². The highest BCUT2D eigenvalue weighted by Crippen LogP contribution is 2.04. The minimum atomic E-state index is -0.224. The molecule has 0 bridgehead atoms. The number of carbonyl (C=O) groups excluding carboxylic acids is 1. The summed E-state index contributed by atoms with van der Waals surface area (Å²) in [7, 11) is 0. The highest BCUT2D eigenvalue weighted by Gasteiger charge is 2.08. The van der Waals surface area contributed by atoms with Crippen LogP contribution in [-0.2, 0) is 6.54 Å². The number of hydrogen-bond donors (Lipinski definition) is 2. The molecule has 0 radical (unpaired) electrons. The Bertz CT molecular complexity index is 600. The Hall–Kier alpha value is -2.50. The van der Waals surface area contributed by atoms with Gasteiger partial charge in [-0.1, -0.05) is 19.9 Å². The zero-order chi connectivity index (χ0) is 15.8. The molecule has 0 aliphatic heterocycles. The van der Waals surface area contributed by atoms with E-state index in [1.807, 2.05) is 12.1 Å². The predicted octanol–water partition coefficient (Wildman–Crippen LogP) is 2.26. The summed E-state index contributed by atoms with van der Waals surface area (Å²) >= 11 is 0. The van der Waals surface area contributed by atoms with Crippen LogP contribution in [0.2, 0.25) is 0 Å². The van der Waals surface area contributed by atoms with Crippen molar-refractivity contribution in [2.24, 2.45) is 5.92 Å². The first kappa shape index (κ1) is 15.9. The van der Waals surface area contributed by atoms with Crippen LogP contribution in [0.25, 0.3) is 0 Å². The molecule has 2 aromatic heterocycles. The van der Waals surface area contributed by atoms with Gasteiger partial charge in [-0.05, 0) is 30.0 Å². The molecule has 0 aromatic carbocycles. The summed E-state index contributed by atoms with van der Waals surface area (Å²) in [4.78, 5) is 24.5. The minimum Gasteiger partial charge on any atom is -0.354 e. The Labute approximate surface area is 130 Å². The summed E-state index contributed by atoms with van der Waals surface area (Å²) in [6.45, 7) is 5.53. The minimum absolute atomic E-state index is 0.224. The first-order chi connectivity index (χ1) is 10.6. The van der Waals surface area contributed by atoms with Gasteiger partial charge in [0.25, 0.3) is 5.91 Å². The van der Waals surface area contributed by atoms with Crippen molar-refractivity contribution in [2.75, 3.05) is 11.9 Å². The van der Waals surface area contributed by atoms with E-state index in [9.17, 15) is 4.79 Å². The van der Waals surface area contributed by atoms with E-state index in [1.165, 1.54) is 0 Å². The van der Waals surface area contributed by atoms with Gasteiger partial charge in [-0.25, -0.2) is 9.97 Å². The number of aromatic nitrogens is 3. The Morgan fingerprint density at radius 2 is 2.14 bits per heavy atom. The fraction of sp³-hybridized carbons (Fsp3) is 0.375. The molecule has 2 heterocycles. The van der Waals surface area contributed by atoms with E-state index >= 15 is 0 Å². The molecule has 6 heteroatoms. The third kappa shape index (κ3) is 5.12. The summed E-state index contributed by atoms with van der Waals surface area (Å²) in [5.74, 6) is 0.867. The molecule has 0 fully saturated rings. The number of carbonyl (C=O) groups is 1. The SMILES string of the molecule is CC(C)CCNc1nccc(C(=O)NCc2cccnc2)n1. The molecule has 116 valence electrons. The normalized spacial score (nSPS) is 10.5. The summed E-state index contributed by atoms with van der Waals surface area (Å²) in [5, 5.41) is 5.95. The smallest absolute Gasteiger partial charge is 0.270 e. The summed E-state index contributed by atoms with van der Waals surface area (Å²) in [5.41, 5.74) is 1.30. The number of pyridine rings is 1. The molecule has 2 rings (SSSR count).